The van der Waals surface area contributed by atoms with Crippen molar-refractivity contribution in [2.24, 2.45) is 23.2 Å². The number of phenolic OH excluding ortho intramolecular Hbond substituents is 2. The van der Waals surface area contributed by atoms with Gasteiger partial charge in [0, 0.05) is 11.0 Å². The maximum atomic E-state index is 10.4. The minimum atomic E-state index is -0.789. The van der Waals surface area contributed by atoms with Gasteiger partial charge in [-0.3, -0.25) is 0 Å². The number of aromatic hydroxyl groups is 2. The summed E-state index contributed by atoms with van der Waals surface area (Å²) in [5, 5.41) is 20.8. The van der Waals surface area contributed by atoms with Gasteiger partial charge in [-0.25, -0.2) is 0 Å². The number of phenols is 2. The van der Waals surface area contributed by atoms with Crippen molar-refractivity contribution in [1.82, 2.24) is 0 Å². The number of benzene rings is 4. The molecule has 0 aliphatic heterocycles. The Hall–Kier alpha value is -4.36. The van der Waals surface area contributed by atoms with E-state index < -0.39 is 5.41 Å². The van der Waals surface area contributed by atoms with Crippen LogP contribution < -0.4 is 11.5 Å². The fourth-order valence-electron chi connectivity index (χ4n) is 9.27. The quantitative estimate of drug-likeness (QED) is 0.109. The molecule has 0 spiro atoms. The Kier molecular flexibility index (Phi) is 5.11. The normalized spacial score (nSPS) is 26.2. The van der Waals surface area contributed by atoms with Gasteiger partial charge >= 0.3 is 0 Å². The first-order valence-corrected chi connectivity index (χ1v) is 14.8. The minimum absolute atomic E-state index is 0.0514. The van der Waals surface area contributed by atoms with E-state index in [2.05, 4.69) is 54.3 Å². The van der Waals surface area contributed by atoms with Crippen LogP contribution in [-0.4, -0.2) is 10.2 Å². The van der Waals surface area contributed by atoms with Crippen molar-refractivity contribution < 1.29 is 10.2 Å². The molecule has 4 aromatic rings. The van der Waals surface area contributed by atoms with Gasteiger partial charge in [-0.15, -0.1) is 0 Å². The molecule has 41 heavy (non-hydrogen) atoms. The summed E-state index contributed by atoms with van der Waals surface area (Å²) in [4.78, 5) is 0. The van der Waals surface area contributed by atoms with Crippen molar-refractivity contribution in [1.29, 1.82) is 0 Å². The highest BCUT2D eigenvalue weighted by Gasteiger charge is 2.51. The molecule has 9 rings (SSSR count). The Labute approximate surface area is 241 Å². The second-order valence-electron chi connectivity index (χ2n) is 13.0. The molecule has 4 heteroatoms. The van der Waals surface area contributed by atoms with Gasteiger partial charge in [-0.05, 0) is 120 Å². The predicted octanol–water partition coefficient (Wildman–Crippen LogP) is 7.19. The van der Waals surface area contributed by atoms with Crippen LogP contribution in [0, 0.1) is 35.0 Å². The Morgan fingerprint density at radius 2 is 1.22 bits per heavy atom. The van der Waals surface area contributed by atoms with Crippen LogP contribution in [0.15, 0.2) is 78.9 Å². The molecular weight excluding hydrogens is 504 g/mol. The molecule has 0 atom stereocenters. The summed E-state index contributed by atoms with van der Waals surface area (Å²) in [5.41, 5.74) is 20.0. The van der Waals surface area contributed by atoms with Crippen LogP contribution in [0.25, 0.3) is 11.1 Å². The zero-order valence-corrected chi connectivity index (χ0v) is 23.0. The third-order valence-corrected chi connectivity index (χ3v) is 10.5. The van der Waals surface area contributed by atoms with E-state index in [0.29, 0.717) is 11.4 Å². The van der Waals surface area contributed by atoms with E-state index >= 15 is 0 Å². The number of anilines is 2. The van der Waals surface area contributed by atoms with Crippen molar-refractivity contribution in [2.75, 3.05) is 11.5 Å². The molecular formula is C37H34N2O2. The number of hydrogen-bond donors (Lipinski definition) is 4. The van der Waals surface area contributed by atoms with Crippen molar-refractivity contribution in [3.63, 3.8) is 0 Å². The van der Waals surface area contributed by atoms with Gasteiger partial charge in [-0.1, -0.05) is 60.4 Å². The van der Waals surface area contributed by atoms with Crippen molar-refractivity contribution in [2.45, 2.75) is 43.9 Å². The van der Waals surface area contributed by atoms with E-state index in [0.717, 1.165) is 56.7 Å². The summed E-state index contributed by atoms with van der Waals surface area (Å²) in [6.07, 6.45) is 7.88. The first-order chi connectivity index (χ1) is 19.9. The molecule has 5 aliphatic carbocycles. The van der Waals surface area contributed by atoms with Gasteiger partial charge in [0.05, 0.1) is 16.8 Å². The molecule has 0 amide bonds. The van der Waals surface area contributed by atoms with E-state index in [1.165, 1.54) is 38.5 Å². The first kappa shape index (κ1) is 24.4. The van der Waals surface area contributed by atoms with Crippen molar-refractivity contribution in [3.8, 4) is 34.5 Å². The molecule has 4 saturated carbocycles. The smallest absolute Gasteiger partial charge is 0.138 e. The standard InChI is InChI=1S/C37H34N2O2/c38-31-17-26(8-10-33(31)40)37(27-9-11-34(41)32(39)18-27)30-7-2-1-5-28(30)29-6-3-4-25(35(29)37)12-13-36-19-22-14-23(20-36)16-24(15-22)21-36/h1-11,17-18,22-24,40-41H,14-16,19-21,38-39H2. The van der Waals surface area contributed by atoms with E-state index in [4.69, 9.17) is 11.5 Å². The average molecular weight is 539 g/mol. The summed E-state index contributed by atoms with van der Waals surface area (Å²) in [7, 11) is 0. The topological polar surface area (TPSA) is 92.5 Å². The molecule has 0 heterocycles. The van der Waals surface area contributed by atoms with Crippen molar-refractivity contribution >= 4 is 11.4 Å². The zero-order valence-electron chi connectivity index (χ0n) is 23.0. The molecule has 4 aromatic carbocycles. The Morgan fingerprint density at radius 1 is 0.659 bits per heavy atom. The SMILES string of the molecule is Nc1cc(C2(c3ccc(O)c(N)c3)c3ccccc3-c3cccc(C#CC45CC6CC(CC(C6)C4)C5)c32)ccc1O. The third kappa shape index (κ3) is 3.48. The number of rotatable bonds is 2. The second-order valence-corrected chi connectivity index (χ2v) is 13.0. The fraction of sp³-hybridized carbons (Fsp3) is 0.297. The lowest BCUT2D eigenvalue weighted by Crippen LogP contribution is -2.45. The third-order valence-electron chi connectivity index (χ3n) is 10.5. The minimum Gasteiger partial charge on any atom is -0.506 e. The average Bonchev–Trinajstić information content (AvgIpc) is 3.26. The summed E-state index contributed by atoms with van der Waals surface area (Å²) < 4.78 is 0. The fourth-order valence-corrected chi connectivity index (χ4v) is 9.27. The van der Waals surface area contributed by atoms with Crippen LogP contribution in [0.5, 0.6) is 11.5 Å². The summed E-state index contributed by atoms with van der Waals surface area (Å²) in [5.74, 6) is 10.3. The summed E-state index contributed by atoms with van der Waals surface area (Å²) in [6.45, 7) is 0. The Bertz CT molecular complexity index is 1710. The predicted molar refractivity (Wildman–Crippen MR) is 163 cm³/mol. The second kappa shape index (κ2) is 8.57. The number of fused-ring (bicyclic) bond motifs is 3. The highest BCUT2D eigenvalue weighted by atomic mass is 16.3. The molecule has 0 unspecified atom stereocenters. The highest BCUT2D eigenvalue weighted by molar-refractivity contribution is 5.89. The van der Waals surface area contributed by atoms with Crippen LogP contribution in [-0.2, 0) is 5.41 Å². The number of nitrogens with two attached hydrogens (primary N) is 2. The molecule has 0 radical (unpaired) electrons. The van der Waals surface area contributed by atoms with Crippen molar-refractivity contribution in [3.05, 3.63) is 107 Å². The molecule has 4 fully saturated rings. The number of hydrogen-bond acceptors (Lipinski definition) is 4. The van der Waals surface area contributed by atoms with Crippen LogP contribution in [0.3, 0.4) is 0 Å². The molecule has 0 saturated heterocycles. The van der Waals surface area contributed by atoms with E-state index in [1.807, 2.05) is 24.3 Å². The molecule has 204 valence electrons. The lowest BCUT2D eigenvalue weighted by Gasteiger charge is -2.54. The van der Waals surface area contributed by atoms with Crippen LogP contribution >= 0.6 is 0 Å². The van der Waals surface area contributed by atoms with Crippen LogP contribution in [0.1, 0.15) is 66.3 Å². The highest BCUT2D eigenvalue weighted by Crippen LogP contribution is 2.61. The molecule has 6 N–H and O–H groups in total. The van der Waals surface area contributed by atoms with Gasteiger partial charge in [-0.2, -0.15) is 0 Å². The van der Waals surface area contributed by atoms with Gasteiger partial charge in [0.25, 0.3) is 0 Å². The van der Waals surface area contributed by atoms with E-state index in [9.17, 15) is 10.2 Å². The lowest BCUT2D eigenvalue weighted by atomic mass is 9.50. The first-order valence-electron chi connectivity index (χ1n) is 14.8. The summed E-state index contributed by atoms with van der Waals surface area (Å²) in [6, 6.07) is 25.9. The maximum Gasteiger partial charge on any atom is 0.138 e. The molecule has 0 aromatic heterocycles. The molecule has 4 nitrogen and oxygen atoms in total. The number of nitrogen functional groups attached to an aromatic ring is 2. The van der Waals surface area contributed by atoms with Crippen LogP contribution in [0.2, 0.25) is 0 Å². The van der Waals surface area contributed by atoms with E-state index in [1.54, 1.807) is 12.1 Å². The molecule has 5 aliphatic rings. The van der Waals surface area contributed by atoms with E-state index in [-0.39, 0.29) is 16.9 Å². The Morgan fingerprint density at radius 3 is 1.80 bits per heavy atom. The largest absolute Gasteiger partial charge is 0.506 e. The van der Waals surface area contributed by atoms with Gasteiger partial charge in [0.2, 0.25) is 0 Å². The lowest BCUT2D eigenvalue weighted by molar-refractivity contribution is -0.0181. The zero-order chi connectivity index (χ0) is 27.9. The Balaban J connectivity index is 1.42. The van der Waals surface area contributed by atoms with Crippen LogP contribution in [0.4, 0.5) is 11.4 Å². The summed E-state index contributed by atoms with van der Waals surface area (Å²) >= 11 is 0. The van der Waals surface area contributed by atoms with Gasteiger partial charge < -0.3 is 21.7 Å². The van der Waals surface area contributed by atoms with Gasteiger partial charge in [0.1, 0.15) is 11.5 Å². The maximum absolute atomic E-state index is 10.4. The molecule has 4 bridgehead atoms. The van der Waals surface area contributed by atoms with Gasteiger partial charge in [0.15, 0.2) is 0 Å². The monoisotopic (exact) mass is 538 g/mol.